The van der Waals surface area contributed by atoms with Crippen molar-refractivity contribution in [1.29, 1.82) is 0 Å². The van der Waals surface area contributed by atoms with E-state index in [4.69, 9.17) is 10.6 Å². The first-order valence-electron chi connectivity index (χ1n) is 6.24. The molecule has 0 aliphatic carbocycles. The zero-order valence-corrected chi connectivity index (χ0v) is 11.7. The summed E-state index contributed by atoms with van der Waals surface area (Å²) in [6.07, 6.45) is 1.39. The third kappa shape index (κ3) is 4.93. The highest BCUT2D eigenvalue weighted by Gasteiger charge is 2.26. The molecule has 0 saturated carbocycles. The van der Waals surface area contributed by atoms with Gasteiger partial charge in [-0.25, -0.2) is 9.78 Å². The molecule has 0 radical (unpaired) electrons. The number of aryl methyl sites for hydroxylation is 1. The van der Waals surface area contributed by atoms with Crippen LogP contribution in [0.3, 0.4) is 0 Å². The molecule has 0 aliphatic rings. The minimum absolute atomic E-state index is 0.0765. The first kappa shape index (κ1) is 17.2. The molecule has 22 heavy (non-hydrogen) atoms. The van der Waals surface area contributed by atoms with Crippen LogP contribution in [0.2, 0.25) is 0 Å². The quantitative estimate of drug-likeness (QED) is 0.306. The van der Waals surface area contributed by atoms with Crippen LogP contribution in [0.5, 0.6) is 0 Å². The van der Waals surface area contributed by atoms with Crippen LogP contribution in [0.15, 0.2) is 12.5 Å². The lowest BCUT2D eigenvalue weighted by Crippen LogP contribution is -2.43. The number of carboxylic acid groups (broad SMARTS) is 1. The number of imidazole rings is 1. The standard InChI is InChI=1S/C12H15N5O5/c1-17-5-9(14-6-17)10(19)11(20)16-8(12(21)22)3-2-7(18)4-15-13/h4-6,8,10,19H,2-3H2,1H3,(H,16,20)(H,21,22)/t8-,10-/m0/s1. The zero-order valence-electron chi connectivity index (χ0n) is 11.7. The van der Waals surface area contributed by atoms with Gasteiger partial charge in [-0.05, 0) is 6.42 Å². The van der Waals surface area contributed by atoms with E-state index in [9.17, 15) is 19.5 Å². The molecule has 2 atom stereocenters. The average molecular weight is 309 g/mol. The number of aromatic nitrogens is 2. The van der Waals surface area contributed by atoms with Gasteiger partial charge in [0.05, 0.1) is 12.0 Å². The second-order valence-electron chi connectivity index (χ2n) is 4.52. The molecule has 1 rings (SSSR count). The molecular formula is C12H15N5O5. The van der Waals surface area contributed by atoms with E-state index in [1.54, 1.807) is 7.05 Å². The van der Waals surface area contributed by atoms with Crippen molar-refractivity contribution < 1.29 is 29.4 Å². The van der Waals surface area contributed by atoms with Crippen molar-refractivity contribution in [2.45, 2.75) is 25.0 Å². The molecule has 0 fully saturated rings. The number of rotatable bonds is 8. The predicted octanol–water partition coefficient (Wildman–Crippen LogP) is -1.33. The Morgan fingerprint density at radius 1 is 1.55 bits per heavy atom. The van der Waals surface area contributed by atoms with Crippen molar-refractivity contribution in [3.8, 4) is 0 Å². The summed E-state index contributed by atoms with van der Waals surface area (Å²) in [5, 5.41) is 20.9. The Balaban J connectivity index is 2.66. The van der Waals surface area contributed by atoms with E-state index < -0.39 is 29.8 Å². The van der Waals surface area contributed by atoms with Crippen LogP contribution < -0.4 is 5.32 Å². The molecule has 1 aromatic heterocycles. The van der Waals surface area contributed by atoms with Gasteiger partial charge in [-0.2, -0.15) is 4.79 Å². The topological polar surface area (TPSA) is 158 Å². The number of ketones is 1. The van der Waals surface area contributed by atoms with Gasteiger partial charge in [-0.1, -0.05) is 0 Å². The summed E-state index contributed by atoms with van der Waals surface area (Å²) < 4.78 is 1.52. The fourth-order valence-electron chi connectivity index (χ4n) is 1.63. The number of hydrogen-bond donors (Lipinski definition) is 3. The van der Waals surface area contributed by atoms with Crippen LogP contribution in [0, 0.1) is 0 Å². The van der Waals surface area contributed by atoms with E-state index in [-0.39, 0.29) is 18.5 Å². The van der Waals surface area contributed by atoms with Gasteiger partial charge in [0.15, 0.2) is 6.10 Å². The number of aliphatic carboxylic acids is 1. The Labute approximate surface area is 125 Å². The summed E-state index contributed by atoms with van der Waals surface area (Å²) in [7, 11) is 1.65. The number of amides is 1. The van der Waals surface area contributed by atoms with Crippen LogP contribution in [0.4, 0.5) is 0 Å². The minimum Gasteiger partial charge on any atom is -0.480 e. The zero-order chi connectivity index (χ0) is 16.7. The molecule has 10 heteroatoms. The summed E-state index contributed by atoms with van der Waals surface area (Å²) in [5.74, 6) is -2.88. The molecule has 0 spiro atoms. The predicted molar refractivity (Wildman–Crippen MR) is 71.7 cm³/mol. The van der Waals surface area contributed by atoms with Crippen LogP contribution in [-0.2, 0) is 21.4 Å². The normalized spacial score (nSPS) is 12.8. The van der Waals surface area contributed by atoms with Gasteiger partial charge in [-0.3, -0.25) is 9.59 Å². The van der Waals surface area contributed by atoms with E-state index in [1.165, 1.54) is 17.1 Å². The van der Waals surface area contributed by atoms with Gasteiger partial charge < -0.3 is 25.6 Å². The maximum Gasteiger partial charge on any atom is 0.326 e. The van der Waals surface area contributed by atoms with E-state index in [0.29, 0.717) is 6.21 Å². The lowest BCUT2D eigenvalue weighted by atomic mass is 10.1. The first-order valence-corrected chi connectivity index (χ1v) is 6.24. The summed E-state index contributed by atoms with van der Waals surface area (Å²) in [5.41, 5.74) is 8.25. The second-order valence-corrected chi connectivity index (χ2v) is 4.52. The van der Waals surface area contributed by atoms with Crippen molar-refractivity contribution in [2.24, 2.45) is 7.05 Å². The lowest BCUT2D eigenvalue weighted by molar-refractivity contribution is -0.143. The summed E-state index contributed by atoms with van der Waals surface area (Å²) >= 11 is 0. The van der Waals surface area contributed by atoms with Crippen molar-refractivity contribution in [3.63, 3.8) is 0 Å². The molecule has 1 aromatic rings. The highest BCUT2D eigenvalue weighted by Crippen LogP contribution is 2.10. The summed E-state index contributed by atoms with van der Waals surface area (Å²) in [6.45, 7) is 0. The van der Waals surface area contributed by atoms with Gasteiger partial charge in [0, 0.05) is 19.7 Å². The van der Waals surface area contributed by atoms with Gasteiger partial charge in [0.1, 0.15) is 6.04 Å². The third-order valence-electron chi connectivity index (χ3n) is 2.75. The van der Waals surface area contributed by atoms with E-state index in [1.807, 2.05) is 0 Å². The Morgan fingerprint density at radius 2 is 2.23 bits per heavy atom. The number of hydrogen-bond acceptors (Lipinski definition) is 5. The molecule has 10 nitrogen and oxygen atoms in total. The molecule has 0 unspecified atom stereocenters. The fraction of sp³-hybridized carbons (Fsp3) is 0.417. The van der Waals surface area contributed by atoms with Gasteiger partial charge in [-0.15, -0.1) is 0 Å². The second kappa shape index (κ2) is 7.81. The Hall–Kier alpha value is -2.84. The molecule has 0 bridgehead atoms. The van der Waals surface area contributed by atoms with Gasteiger partial charge in [0.25, 0.3) is 5.91 Å². The number of nitrogens with one attached hydrogen (secondary N) is 1. The molecule has 0 aromatic carbocycles. The maximum atomic E-state index is 11.8. The number of carbonyl (C=O) groups is 3. The molecule has 0 aliphatic heterocycles. The van der Waals surface area contributed by atoms with Gasteiger partial charge >= 0.3 is 12.2 Å². The largest absolute Gasteiger partial charge is 0.480 e. The summed E-state index contributed by atoms with van der Waals surface area (Å²) in [4.78, 5) is 40.3. The highest BCUT2D eigenvalue weighted by atomic mass is 16.4. The van der Waals surface area contributed by atoms with E-state index in [2.05, 4.69) is 15.1 Å². The Bertz CT molecular complexity index is 619. The van der Waals surface area contributed by atoms with Crippen molar-refractivity contribution in [3.05, 3.63) is 23.7 Å². The number of Topliss-reactive ketones (excluding diaryl/α,β-unsaturated/α-hetero) is 1. The number of carbonyl (C=O) groups excluding carboxylic acids is 2. The maximum absolute atomic E-state index is 11.8. The number of aliphatic hydroxyl groups is 1. The summed E-state index contributed by atoms with van der Waals surface area (Å²) in [6, 6.07) is -1.36. The fourth-order valence-corrected chi connectivity index (χ4v) is 1.63. The Morgan fingerprint density at radius 3 is 2.73 bits per heavy atom. The van der Waals surface area contributed by atoms with Crippen LogP contribution in [-0.4, -0.2) is 54.5 Å². The molecular weight excluding hydrogens is 294 g/mol. The SMILES string of the molecule is Cn1cnc([C@H](O)C(=O)N[C@@H](CCC(=O)C=[N+]=[N-])C(=O)O)c1. The smallest absolute Gasteiger partial charge is 0.326 e. The van der Waals surface area contributed by atoms with Crippen molar-refractivity contribution in [2.75, 3.05) is 0 Å². The third-order valence-corrected chi connectivity index (χ3v) is 2.75. The monoisotopic (exact) mass is 309 g/mol. The molecule has 0 saturated heterocycles. The van der Waals surface area contributed by atoms with Crippen molar-refractivity contribution in [1.82, 2.24) is 14.9 Å². The van der Waals surface area contributed by atoms with E-state index in [0.717, 1.165) is 0 Å². The van der Waals surface area contributed by atoms with Crippen molar-refractivity contribution >= 4 is 23.9 Å². The van der Waals surface area contributed by atoms with Crippen LogP contribution >= 0.6 is 0 Å². The molecule has 1 amide bonds. The number of nitrogens with zero attached hydrogens (tertiary/aromatic N) is 4. The first-order chi connectivity index (χ1) is 10.3. The molecule has 1 heterocycles. The Kier molecular flexibility index (Phi) is 6.11. The lowest BCUT2D eigenvalue weighted by Gasteiger charge is -2.15. The highest BCUT2D eigenvalue weighted by molar-refractivity contribution is 6.25. The van der Waals surface area contributed by atoms with Crippen LogP contribution in [0.25, 0.3) is 5.53 Å². The molecule has 3 N–H and O–H groups in total. The number of carboxylic acids is 1. The van der Waals surface area contributed by atoms with Gasteiger partial charge in [0.2, 0.25) is 5.78 Å². The number of aliphatic hydroxyl groups excluding tert-OH is 1. The minimum atomic E-state index is -1.61. The average Bonchev–Trinajstić information content (AvgIpc) is 2.88. The van der Waals surface area contributed by atoms with Crippen LogP contribution in [0.1, 0.15) is 24.6 Å². The molecule has 118 valence electrons. The van der Waals surface area contributed by atoms with E-state index >= 15 is 0 Å².